The molecule has 14 heteroatoms. The van der Waals surface area contributed by atoms with Crippen LogP contribution >= 0.6 is 59.9 Å². The number of amides is 2. The Balaban J connectivity index is 0.00000235. The number of aliphatic hydroxyl groups excluding tert-OH is 3. The molecule has 4 N–H and O–H groups in total. The number of nitrogens with one attached hydrogen (secondary N) is 1. The third-order valence-electron chi connectivity index (χ3n) is 4.74. The number of aliphatic hydroxyl groups is 3. The van der Waals surface area contributed by atoms with Crippen LogP contribution in [0.3, 0.4) is 0 Å². The van der Waals surface area contributed by atoms with Crippen LogP contribution in [0.5, 0.6) is 0 Å². The van der Waals surface area contributed by atoms with Gasteiger partial charge in [0.15, 0.2) is 6.10 Å². The van der Waals surface area contributed by atoms with Crippen molar-refractivity contribution in [3.63, 3.8) is 0 Å². The molecule has 1 heterocycles. The number of carbonyl (C=O) groups is 3. The predicted molar refractivity (Wildman–Crippen MR) is 145 cm³/mol. The number of esters is 1. The van der Waals surface area contributed by atoms with E-state index in [4.69, 9.17) is 9.47 Å². The van der Waals surface area contributed by atoms with Gasteiger partial charge in [0.05, 0.1) is 6.54 Å². The Morgan fingerprint density at radius 1 is 1.24 bits per heavy atom. The molecule has 0 aromatic heterocycles. The molecule has 10 nitrogen and oxygen atoms in total. The van der Waals surface area contributed by atoms with Gasteiger partial charge in [-0.1, -0.05) is 19.1 Å². The fourth-order valence-corrected chi connectivity index (χ4v) is 3.08. The topological polar surface area (TPSA) is 146 Å². The van der Waals surface area contributed by atoms with Crippen molar-refractivity contribution in [3.05, 3.63) is 12.2 Å². The third-order valence-corrected chi connectivity index (χ3v) is 4.74. The average molecular weight is 848 g/mol. The molecule has 0 radical (unpaired) electrons. The van der Waals surface area contributed by atoms with Crippen molar-refractivity contribution in [2.75, 3.05) is 20.7 Å². The van der Waals surface area contributed by atoms with E-state index >= 15 is 0 Å². The summed E-state index contributed by atoms with van der Waals surface area (Å²) in [6.45, 7) is 3.51. The minimum absolute atomic E-state index is 0.210. The first kappa shape index (κ1) is 33.8. The molecule has 1 saturated heterocycles. The van der Waals surface area contributed by atoms with Crippen molar-refractivity contribution in [3.8, 4) is 0 Å². The van der Waals surface area contributed by atoms with Crippen LogP contribution < -0.4 is 5.32 Å². The number of likely N-dealkylation sites (tertiary alicyclic amines) is 1. The molecule has 1 rings (SSSR count). The predicted octanol–water partition coefficient (Wildman–Crippen LogP) is 1.37. The Morgan fingerprint density at radius 2 is 1.82 bits per heavy atom. The van der Waals surface area contributed by atoms with Crippen LogP contribution in [0.2, 0.25) is 0 Å². The van der Waals surface area contributed by atoms with Gasteiger partial charge in [0.25, 0.3) is 5.91 Å². The molecule has 1 aliphatic heterocycles. The fraction of sp³-hybridized carbons (Fsp3) is 0.737. The van der Waals surface area contributed by atoms with Crippen LogP contribution in [0, 0.1) is 0 Å². The summed E-state index contributed by atoms with van der Waals surface area (Å²) in [6.07, 6.45) is -3.16. The zero-order valence-electron chi connectivity index (χ0n) is 18.9. The first-order chi connectivity index (χ1) is 15.4. The van der Waals surface area contributed by atoms with Gasteiger partial charge in [-0.3, -0.25) is 14.4 Å². The summed E-state index contributed by atoms with van der Waals surface area (Å²) in [6, 6.07) is -0.903. The van der Waals surface area contributed by atoms with E-state index in [9.17, 15) is 29.7 Å². The number of methoxy groups -OCH3 is 1. The summed E-state index contributed by atoms with van der Waals surface area (Å²) in [5.41, 5.74) is 0. The van der Waals surface area contributed by atoms with E-state index in [1.807, 2.05) is 0 Å². The van der Waals surface area contributed by atoms with Gasteiger partial charge in [-0.05, 0) is 19.8 Å². The third kappa shape index (κ3) is 13.0. The summed E-state index contributed by atoms with van der Waals surface area (Å²) in [7, 11) is 2.71. The van der Waals surface area contributed by atoms with Crippen LogP contribution in [-0.2, 0) is 28.8 Å². The number of likely N-dealkylation sites (N-methyl/N-ethyl adjacent to an activating group) is 1. The second kappa shape index (κ2) is 18.1. The van der Waals surface area contributed by atoms with E-state index in [2.05, 4.69) is 65.3 Å². The van der Waals surface area contributed by atoms with Crippen LogP contribution in [-0.4, -0.2) is 95.3 Å². The van der Waals surface area contributed by atoms with Gasteiger partial charge >= 0.3 is 70.8 Å². The zero-order chi connectivity index (χ0) is 25.7. The quantitative estimate of drug-likeness (QED) is 0.155. The molecular formula is C19H32I3N2O8V. The fourth-order valence-electron chi connectivity index (χ4n) is 3.08. The Hall–Kier alpha value is 0.764. The maximum absolute atomic E-state index is 12.6. The molecule has 0 spiro atoms. The van der Waals surface area contributed by atoms with Crippen molar-refractivity contribution in [1.82, 2.24) is 10.2 Å². The Bertz CT molecular complexity index is 656. The molecule has 2 amide bonds. The van der Waals surface area contributed by atoms with Gasteiger partial charge in [-0.2, -0.15) is 0 Å². The summed E-state index contributed by atoms with van der Waals surface area (Å²) >= 11 is 7.39. The molecule has 0 aromatic carbocycles. The number of rotatable bonds is 9. The standard InChI is InChI=1S/C19H32N2O8.3HI.V/c1-5-7-13(22)15(24)16(25)17(28-4)18(26)20-12-9-8-11(29-14(23)6-2)10-21(3)19(12)27;;;;/h5,7,11-13,15-17,22,24-25H,6,8-10H2,1-4H3,(H,20,26);3*1H;/q;;;;+3/p-3/b7-5+;;;;. The zero-order valence-corrected chi connectivity index (χ0v) is 26.7. The SMILES string of the molecule is C/C=C/C(O)C(O)C(O)C(OC)C(=O)NC1CCC(OC(=O)CC)CN(C)C1=O.[I][V]([I])[I]. The Kier molecular flexibility index (Phi) is 18.5. The van der Waals surface area contributed by atoms with E-state index in [0.717, 1.165) is 0 Å². The Morgan fingerprint density at radius 3 is 2.30 bits per heavy atom. The maximum atomic E-state index is 12.6. The van der Waals surface area contributed by atoms with Crippen LogP contribution in [0.25, 0.3) is 0 Å². The number of hydrogen-bond acceptors (Lipinski definition) is 8. The second-order valence-corrected chi connectivity index (χ2v) is 42.5. The van der Waals surface area contributed by atoms with Crippen molar-refractivity contribution in [2.45, 2.75) is 69.7 Å². The number of halogens is 3. The van der Waals surface area contributed by atoms with Gasteiger partial charge in [-0.25, -0.2) is 0 Å². The van der Waals surface area contributed by atoms with Crippen LogP contribution in [0.4, 0.5) is 0 Å². The van der Waals surface area contributed by atoms with E-state index in [1.165, 1.54) is 24.2 Å². The monoisotopic (exact) mass is 848 g/mol. The molecule has 6 atom stereocenters. The minimum atomic E-state index is -1.72. The van der Waals surface area contributed by atoms with Crippen molar-refractivity contribution in [2.24, 2.45) is 0 Å². The van der Waals surface area contributed by atoms with Crippen LogP contribution in [0.15, 0.2) is 12.2 Å². The van der Waals surface area contributed by atoms with Gasteiger partial charge in [0.1, 0.15) is 30.5 Å². The van der Waals surface area contributed by atoms with Gasteiger partial charge in [-0.15, -0.1) is 0 Å². The van der Waals surface area contributed by atoms with Crippen molar-refractivity contribution < 1.29 is 44.1 Å². The first-order valence-corrected chi connectivity index (χ1v) is 23.6. The summed E-state index contributed by atoms with van der Waals surface area (Å²) in [5, 5.41) is 32.6. The van der Waals surface area contributed by atoms with Gasteiger partial charge in [0, 0.05) is 20.6 Å². The molecule has 0 saturated carbocycles. The summed E-state index contributed by atoms with van der Waals surface area (Å²) < 4.78 is 10.3. The summed E-state index contributed by atoms with van der Waals surface area (Å²) in [4.78, 5) is 37.7. The molecule has 6 unspecified atom stereocenters. The summed E-state index contributed by atoms with van der Waals surface area (Å²) in [5.74, 6) is -1.54. The van der Waals surface area contributed by atoms with Crippen molar-refractivity contribution in [1.29, 1.82) is 0 Å². The number of ether oxygens (including phenoxy) is 2. The van der Waals surface area contributed by atoms with Crippen LogP contribution in [0.1, 0.15) is 33.1 Å². The van der Waals surface area contributed by atoms with E-state index in [-0.39, 0.29) is 36.2 Å². The molecule has 0 aromatic rings. The first-order valence-electron chi connectivity index (χ1n) is 10.1. The second-order valence-electron chi connectivity index (χ2n) is 7.17. The van der Waals surface area contributed by atoms with Gasteiger partial charge in [0.2, 0.25) is 5.91 Å². The molecule has 33 heavy (non-hydrogen) atoms. The van der Waals surface area contributed by atoms with E-state index in [1.54, 1.807) is 20.9 Å². The Labute approximate surface area is 232 Å². The van der Waals surface area contributed by atoms with Crippen molar-refractivity contribution >= 4 is 77.7 Å². The van der Waals surface area contributed by atoms with Gasteiger partial charge < -0.3 is 35.0 Å². The molecule has 192 valence electrons. The average Bonchev–Trinajstić information content (AvgIpc) is 2.86. The number of allylic oxidation sites excluding steroid dienone is 1. The number of nitrogens with zero attached hydrogens (tertiary/aromatic N) is 1. The molecule has 1 aliphatic rings. The molecule has 0 aliphatic carbocycles. The van der Waals surface area contributed by atoms with E-state index in [0.29, 0.717) is 6.42 Å². The number of carbonyl (C=O) groups excluding carboxylic acids is 3. The molecule has 0 bridgehead atoms. The molecule has 1 fully saturated rings. The van der Waals surface area contributed by atoms with E-state index < -0.39 is 42.5 Å². The molecular weight excluding hydrogens is 816 g/mol. The normalized spacial score (nSPS) is 22.6. The number of hydrogen-bond donors (Lipinski definition) is 4.